The molecule has 0 aliphatic rings. The summed E-state index contributed by atoms with van der Waals surface area (Å²) < 4.78 is 7.26. The highest BCUT2D eigenvalue weighted by Gasteiger charge is 2.25. The summed E-state index contributed by atoms with van der Waals surface area (Å²) in [5.74, 6) is -0.349. The van der Waals surface area contributed by atoms with E-state index in [9.17, 15) is 9.59 Å². The minimum Gasteiger partial charge on any atom is -0.494 e. The molecule has 3 rings (SSSR count). The predicted octanol–water partition coefficient (Wildman–Crippen LogP) is 4.10. The molecule has 3 aromatic rings. The minimum atomic E-state index is -0.583. The zero-order valence-corrected chi connectivity index (χ0v) is 15.9. The number of nitrogens with zero attached hydrogens (tertiary/aromatic N) is 1. The molecule has 0 bridgehead atoms. The molecule has 2 heterocycles. The van der Waals surface area contributed by atoms with Gasteiger partial charge in [-0.25, -0.2) is 0 Å². The average Bonchev–Trinajstić information content (AvgIpc) is 3.07. The van der Waals surface area contributed by atoms with E-state index in [0.29, 0.717) is 12.3 Å². The topological polar surface area (TPSA) is 59.8 Å². The summed E-state index contributed by atoms with van der Waals surface area (Å²) in [5, 5.41) is 2.77. The molecule has 0 saturated carbocycles. The van der Waals surface area contributed by atoms with E-state index in [1.807, 2.05) is 69.3 Å². The van der Waals surface area contributed by atoms with Crippen LogP contribution < -0.4 is 10.1 Å². The van der Waals surface area contributed by atoms with Crippen molar-refractivity contribution >= 4 is 17.2 Å². The number of benzene rings is 1. The van der Waals surface area contributed by atoms with Crippen molar-refractivity contribution < 1.29 is 14.3 Å². The third kappa shape index (κ3) is 3.87. The summed E-state index contributed by atoms with van der Waals surface area (Å²) in [6, 6.07) is 15.1. The van der Waals surface area contributed by atoms with Crippen LogP contribution in [-0.4, -0.2) is 28.7 Å². The van der Waals surface area contributed by atoms with Crippen LogP contribution in [0.1, 0.15) is 37.7 Å². The standard InChI is InChI=1S/C22H24N2O3/c1-4-15(3)23-22(26)21(25)20-19(14-17-8-6-7-13-24(17)20)16-9-11-18(12-10-16)27-5-2/h6-15H,4-5H2,1-3H3,(H,23,26)/t15-/m0/s1. The fourth-order valence-corrected chi connectivity index (χ4v) is 2.97. The normalized spacial score (nSPS) is 12.0. The van der Waals surface area contributed by atoms with Crippen molar-refractivity contribution in [1.29, 1.82) is 0 Å². The number of hydrogen-bond acceptors (Lipinski definition) is 3. The Morgan fingerprint density at radius 2 is 1.85 bits per heavy atom. The second-order valence-electron chi connectivity index (χ2n) is 6.47. The highest BCUT2D eigenvalue weighted by molar-refractivity contribution is 6.43. The molecule has 0 saturated heterocycles. The number of carbonyl (C=O) groups excluding carboxylic acids is 2. The summed E-state index contributed by atoms with van der Waals surface area (Å²) in [6.07, 6.45) is 2.57. The molecule has 2 aromatic heterocycles. The fourth-order valence-electron chi connectivity index (χ4n) is 2.97. The summed E-state index contributed by atoms with van der Waals surface area (Å²) in [7, 11) is 0. The van der Waals surface area contributed by atoms with E-state index in [0.717, 1.165) is 28.8 Å². The first-order valence-electron chi connectivity index (χ1n) is 9.23. The molecule has 1 atom stereocenters. The monoisotopic (exact) mass is 364 g/mol. The Bertz CT molecular complexity index is 957. The molecule has 5 nitrogen and oxygen atoms in total. The van der Waals surface area contributed by atoms with Gasteiger partial charge in [-0.3, -0.25) is 9.59 Å². The number of amides is 1. The first-order chi connectivity index (χ1) is 13.0. The Morgan fingerprint density at radius 3 is 2.52 bits per heavy atom. The lowest BCUT2D eigenvalue weighted by Crippen LogP contribution is -2.37. The van der Waals surface area contributed by atoms with Gasteiger partial charge in [0.15, 0.2) is 0 Å². The lowest BCUT2D eigenvalue weighted by atomic mass is 10.0. The smallest absolute Gasteiger partial charge is 0.294 e. The molecular weight excluding hydrogens is 340 g/mol. The molecule has 0 radical (unpaired) electrons. The van der Waals surface area contributed by atoms with Crippen LogP contribution in [0.15, 0.2) is 54.7 Å². The second-order valence-corrected chi connectivity index (χ2v) is 6.47. The molecule has 0 spiro atoms. The number of Topliss-reactive ketones (excluding diaryl/α,β-unsaturated/α-hetero) is 1. The number of ketones is 1. The van der Waals surface area contributed by atoms with Crippen LogP contribution in [0.2, 0.25) is 0 Å². The maximum Gasteiger partial charge on any atom is 0.294 e. The van der Waals surface area contributed by atoms with Crippen LogP contribution in [0, 0.1) is 0 Å². The van der Waals surface area contributed by atoms with Gasteiger partial charge in [-0.1, -0.05) is 25.1 Å². The van der Waals surface area contributed by atoms with Crippen molar-refractivity contribution in [3.63, 3.8) is 0 Å². The largest absolute Gasteiger partial charge is 0.494 e. The molecule has 0 fully saturated rings. The van der Waals surface area contributed by atoms with Crippen LogP contribution in [0.4, 0.5) is 0 Å². The summed E-state index contributed by atoms with van der Waals surface area (Å²) >= 11 is 0. The summed E-state index contributed by atoms with van der Waals surface area (Å²) in [6.45, 7) is 6.37. The number of pyridine rings is 1. The maximum atomic E-state index is 13.0. The van der Waals surface area contributed by atoms with E-state index in [-0.39, 0.29) is 6.04 Å². The maximum absolute atomic E-state index is 13.0. The van der Waals surface area contributed by atoms with E-state index < -0.39 is 11.7 Å². The van der Waals surface area contributed by atoms with Crippen molar-refractivity contribution in [1.82, 2.24) is 9.72 Å². The number of rotatable bonds is 7. The third-order valence-electron chi connectivity index (χ3n) is 4.57. The average molecular weight is 364 g/mol. The zero-order chi connectivity index (χ0) is 19.4. The van der Waals surface area contributed by atoms with Crippen LogP contribution in [0.3, 0.4) is 0 Å². The van der Waals surface area contributed by atoms with E-state index in [2.05, 4.69) is 5.32 Å². The highest BCUT2D eigenvalue weighted by atomic mass is 16.5. The number of carbonyl (C=O) groups is 2. The summed E-state index contributed by atoms with van der Waals surface area (Å²) in [5.41, 5.74) is 2.83. The van der Waals surface area contributed by atoms with Crippen molar-refractivity contribution in [2.24, 2.45) is 0 Å². The molecular formula is C22H24N2O3. The van der Waals surface area contributed by atoms with Gasteiger partial charge >= 0.3 is 0 Å². The lowest BCUT2D eigenvalue weighted by molar-refractivity contribution is -0.117. The molecule has 1 N–H and O–H groups in total. The Morgan fingerprint density at radius 1 is 1.11 bits per heavy atom. The van der Waals surface area contributed by atoms with Gasteiger partial charge in [-0.2, -0.15) is 0 Å². The first-order valence-corrected chi connectivity index (χ1v) is 9.23. The van der Waals surface area contributed by atoms with Gasteiger partial charge in [-0.05, 0) is 56.2 Å². The lowest BCUT2D eigenvalue weighted by Gasteiger charge is -2.12. The minimum absolute atomic E-state index is 0.0541. The SMILES string of the molecule is CCOc1ccc(-c2cc3ccccn3c2C(=O)C(=O)N[C@@H](C)CC)cc1. The van der Waals surface area contributed by atoms with Gasteiger partial charge in [-0.15, -0.1) is 0 Å². The molecule has 1 aromatic carbocycles. The van der Waals surface area contributed by atoms with Gasteiger partial charge in [0, 0.05) is 23.3 Å². The van der Waals surface area contributed by atoms with Gasteiger partial charge in [0.05, 0.1) is 6.61 Å². The Labute approximate surface area is 159 Å². The van der Waals surface area contributed by atoms with Crippen LogP contribution in [-0.2, 0) is 4.79 Å². The molecule has 1 amide bonds. The number of ether oxygens (including phenoxy) is 1. The highest BCUT2D eigenvalue weighted by Crippen LogP contribution is 2.29. The van der Waals surface area contributed by atoms with Crippen LogP contribution in [0.25, 0.3) is 16.6 Å². The molecule has 0 unspecified atom stereocenters. The van der Waals surface area contributed by atoms with Crippen molar-refractivity contribution in [3.05, 3.63) is 60.4 Å². The predicted molar refractivity (Wildman–Crippen MR) is 106 cm³/mol. The Balaban J connectivity index is 2.06. The van der Waals surface area contributed by atoms with E-state index in [1.54, 1.807) is 10.6 Å². The number of fused-ring (bicyclic) bond motifs is 1. The molecule has 27 heavy (non-hydrogen) atoms. The molecule has 0 aliphatic heterocycles. The van der Waals surface area contributed by atoms with Gasteiger partial charge < -0.3 is 14.5 Å². The van der Waals surface area contributed by atoms with Gasteiger partial charge in [0.1, 0.15) is 11.4 Å². The third-order valence-corrected chi connectivity index (χ3v) is 4.57. The zero-order valence-electron chi connectivity index (χ0n) is 15.9. The fraction of sp³-hybridized carbons (Fsp3) is 0.273. The van der Waals surface area contributed by atoms with Crippen molar-refractivity contribution in [2.75, 3.05) is 6.61 Å². The van der Waals surface area contributed by atoms with E-state index in [4.69, 9.17) is 4.74 Å². The van der Waals surface area contributed by atoms with Gasteiger partial charge in [0.2, 0.25) is 0 Å². The van der Waals surface area contributed by atoms with Crippen molar-refractivity contribution in [2.45, 2.75) is 33.2 Å². The Hall–Kier alpha value is -3.08. The van der Waals surface area contributed by atoms with Crippen LogP contribution in [0.5, 0.6) is 5.75 Å². The van der Waals surface area contributed by atoms with Crippen LogP contribution >= 0.6 is 0 Å². The van der Waals surface area contributed by atoms with E-state index >= 15 is 0 Å². The quantitative estimate of drug-likeness (QED) is 0.507. The number of hydrogen-bond donors (Lipinski definition) is 1. The Kier molecular flexibility index (Phi) is 5.60. The number of aromatic nitrogens is 1. The van der Waals surface area contributed by atoms with E-state index in [1.165, 1.54) is 0 Å². The molecule has 5 heteroatoms. The first kappa shape index (κ1) is 18.7. The van der Waals surface area contributed by atoms with Gasteiger partial charge in [0.25, 0.3) is 11.7 Å². The number of nitrogens with one attached hydrogen (secondary N) is 1. The molecule has 0 aliphatic carbocycles. The summed E-state index contributed by atoms with van der Waals surface area (Å²) in [4.78, 5) is 25.5. The van der Waals surface area contributed by atoms with Crippen molar-refractivity contribution in [3.8, 4) is 16.9 Å². The second kappa shape index (κ2) is 8.08. The molecule has 140 valence electrons.